The molecule has 0 saturated carbocycles. The van der Waals surface area contributed by atoms with Crippen molar-refractivity contribution in [2.45, 2.75) is 26.4 Å². The van der Waals surface area contributed by atoms with Crippen LogP contribution in [0.25, 0.3) is 0 Å². The van der Waals surface area contributed by atoms with E-state index < -0.39 is 0 Å². The molecule has 6 heteroatoms. The van der Waals surface area contributed by atoms with E-state index in [1.54, 1.807) is 37.6 Å². The zero-order valence-electron chi connectivity index (χ0n) is 18.8. The molecular weight excluding hydrogens is 419 g/mol. The molecule has 33 heavy (non-hydrogen) atoms. The quantitative estimate of drug-likeness (QED) is 0.266. The first kappa shape index (κ1) is 23.7. The normalized spacial score (nSPS) is 10.8. The lowest BCUT2D eigenvalue weighted by Crippen LogP contribution is -2.19. The standard InChI is InChI=1S/C27H27FN2O3/c1-4-5-23-14-22(17-29-30-26(31)16-20-10-12-24(28)13-11-20)15-25(32-3)27(23)33-18-21-8-6-19(2)7-9-21/h4,6-15,17H,1,5,16,18H2,2-3H3,(H,30,31)/b29-17+. The number of carbonyl (C=O) groups is 1. The van der Waals surface area contributed by atoms with Gasteiger partial charge in [-0.05, 0) is 54.3 Å². The molecule has 3 rings (SSSR count). The predicted octanol–water partition coefficient (Wildman–Crippen LogP) is 5.14. The molecule has 3 aromatic rings. The van der Waals surface area contributed by atoms with Crippen LogP contribution in [0.1, 0.15) is 27.8 Å². The van der Waals surface area contributed by atoms with Crippen LogP contribution in [0.2, 0.25) is 0 Å². The molecule has 0 spiro atoms. The lowest BCUT2D eigenvalue weighted by Gasteiger charge is -2.16. The maximum atomic E-state index is 13.0. The Kier molecular flexibility index (Phi) is 8.36. The molecule has 0 fully saturated rings. The maximum absolute atomic E-state index is 13.0. The van der Waals surface area contributed by atoms with Crippen LogP contribution < -0.4 is 14.9 Å². The number of carbonyl (C=O) groups excluding carboxylic acids is 1. The van der Waals surface area contributed by atoms with Crippen molar-refractivity contribution in [3.8, 4) is 11.5 Å². The van der Waals surface area contributed by atoms with Crippen LogP contribution in [-0.2, 0) is 24.2 Å². The van der Waals surface area contributed by atoms with Gasteiger partial charge < -0.3 is 9.47 Å². The fourth-order valence-electron chi connectivity index (χ4n) is 3.23. The van der Waals surface area contributed by atoms with Crippen LogP contribution in [-0.4, -0.2) is 19.2 Å². The largest absolute Gasteiger partial charge is 0.493 e. The van der Waals surface area contributed by atoms with E-state index in [0.29, 0.717) is 30.1 Å². The van der Waals surface area contributed by atoms with Gasteiger partial charge in [0, 0.05) is 5.56 Å². The van der Waals surface area contributed by atoms with E-state index in [4.69, 9.17) is 9.47 Å². The Morgan fingerprint density at radius 3 is 2.45 bits per heavy atom. The third-order valence-corrected chi connectivity index (χ3v) is 4.92. The van der Waals surface area contributed by atoms with Gasteiger partial charge in [0.2, 0.25) is 5.91 Å². The van der Waals surface area contributed by atoms with Gasteiger partial charge in [0.25, 0.3) is 0 Å². The number of rotatable bonds is 10. The molecule has 0 atom stereocenters. The van der Waals surface area contributed by atoms with Gasteiger partial charge in [0.15, 0.2) is 11.5 Å². The van der Waals surface area contributed by atoms with Crippen LogP contribution in [0.15, 0.2) is 78.4 Å². The lowest BCUT2D eigenvalue weighted by molar-refractivity contribution is -0.120. The van der Waals surface area contributed by atoms with E-state index in [1.807, 2.05) is 37.3 Å². The van der Waals surface area contributed by atoms with Gasteiger partial charge in [-0.15, -0.1) is 6.58 Å². The highest BCUT2D eigenvalue weighted by Crippen LogP contribution is 2.34. The molecule has 0 saturated heterocycles. The number of halogens is 1. The fraction of sp³-hybridized carbons (Fsp3) is 0.185. The molecule has 0 aliphatic rings. The first-order valence-electron chi connectivity index (χ1n) is 10.5. The number of hydrogen-bond donors (Lipinski definition) is 1. The Labute approximate surface area is 193 Å². The number of amides is 1. The van der Waals surface area contributed by atoms with Crippen LogP contribution in [0.3, 0.4) is 0 Å². The first-order chi connectivity index (χ1) is 16.0. The minimum atomic E-state index is -0.340. The van der Waals surface area contributed by atoms with Crippen molar-refractivity contribution < 1.29 is 18.7 Å². The van der Waals surface area contributed by atoms with Crippen molar-refractivity contribution in [3.05, 3.63) is 107 Å². The third-order valence-electron chi connectivity index (χ3n) is 4.92. The number of nitrogens with one attached hydrogen (secondary N) is 1. The second kappa shape index (κ2) is 11.6. The van der Waals surface area contributed by atoms with E-state index in [1.165, 1.54) is 17.7 Å². The topological polar surface area (TPSA) is 59.9 Å². The molecule has 3 aromatic carbocycles. The molecule has 0 heterocycles. The molecule has 0 aliphatic carbocycles. The molecule has 5 nitrogen and oxygen atoms in total. The summed E-state index contributed by atoms with van der Waals surface area (Å²) < 4.78 is 24.6. The smallest absolute Gasteiger partial charge is 0.244 e. The Morgan fingerprint density at radius 2 is 1.79 bits per heavy atom. The van der Waals surface area contributed by atoms with Crippen molar-refractivity contribution in [1.82, 2.24) is 5.43 Å². The van der Waals surface area contributed by atoms with Crippen molar-refractivity contribution in [2.24, 2.45) is 5.10 Å². The number of methoxy groups -OCH3 is 1. The highest BCUT2D eigenvalue weighted by molar-refractivity contribution is 5.84. The van der Waals surface area contributed by atoms with Gasteiger partial charge in [-0.1, -0.05) is 48.0 Å². The average Bonchev–Trinajstić information content (AvgIpc) is 2.81. The fourth-order valence-corrected chi connectivity index (χ4v) is 3.23. The molecule has 170 valence electrons. The van der Waals surface area contributed by atoms with Crippen molar-refractivity contribution in [1.29, 1.82) is 0 Å². The molecule has 0 unspecified atom stereocenters. The summed E-state index contributed by atoms with van der Waals surface area (Å²) in [7, 11) is 1.58. The second-order valence-electron chi connectivity index (χ2n) is 7.57. The van der Waals surface area contributed by atoms with Gasteiger partial charge in [-0.25, -0.2) is 9.82 Å². The summed E-state index contributed by atoms with van der Waals surface area (Å²) in [6.45, 7) is 6.28. The third kappa shape index (κ3) is 7.04. The summed E-state index contributed by atoms with van der Waals surface area (Å²) in [6.07, 6.45) is 4.02. The summed E-state index contributed by atoms with van der Waals surface area (Å²) in [5.74, 6) is 0.581. The molecule has 0 radical (unpaired) electrons. The molecule has 0 bridgehead atoms. The summed E-state index contributed by atoms with van der Waals surface area (Å²) in [5.41, 5.74) is 7.09. The van der Waals surface area contributed by atoms with Gasteiger partial charge in [-0.2, -0.15) is 5.10 Å². The predicted molar refractivity (Wildman–Crippen MR) is 128 cm³/mol. The molecular formula is C27H27FN2O3. The Bertz CT molecular complexity index is 1120. The number of aryl methyl sites for hydroxylation is 1. The van der Waals surface area contributed by atoms with E-state index in [-0.39, 0.29) is 18.1 Å². The molecule has 0 aromatic heterocycles. The average molecular weight is 447 g/mol. The number of benzene rings is 3. The molecule has 1 amide bonds. The zero-order chi connectivity index (χ0) is 23.6. The summed E-state index contributed by atoms with van der Waals surface area (Å²) in [5, 5.41) is 4.04. The summed E-state index contributed by atoms with van der Waals surface area (Å²) >= 11 is 0. The number of ether oxygens (including phenoxy) is 2. The van der Waals surface area contributed by atoms with E-state index in [2.05, 4.69) is 17.1 Å². The van der Waals surface area contributed by atoms with E-state index in [9.17, 15) is 9.18 Å². The highest BCUT2D eigenvalue weighted by atomic mass is 19.1. The van der Waals surface area contributed by atoms with Crippen molar-refractivity contribution >= 4 is 12.1 Å². The summed E-state index contributed by atoms with van der Waals surface area (Å²) in [6, 6.07) is 17.7. The monoisotopic (exact) mass is 446 g/mol. The maximum Gasteiger partial charge on any atom is 0.244 e. The number of nitrogens with zero attached hydrogens (tertiary/aromatic N) is 1. The minimum Gasteiger partial charge on any atom is -0.493 e. The van der Waals surface area contributed by atoms with E-state index >= 15 is 0 Å². The minimum absolute atomic E-state index is 0.106. The number of allylic oxidation sites excluding steroid dienone is 1. The van der Waals surface area contributed by atoms with Gasteiger partial charge in [0.1, 0.15) is 12.4 Å². The Hall–Kier alpha value is -3.93. The highest BCUT2D eigenvalue weighted by Gasteiger charge is 2.13. The number of hydrazone groups is 1. The zero-order valence-corrected chi connectivity index (χ0v) is 18.8. The number of hydrogen-bond acceptors (Lipinski definition) is 4. The SMILES string of the molecule is C=CCc1cc(/C=N/NC(=O)Cc2ccc(F)cc2)cc(OC)c1OCc1ccc(C)cc1. The van der Waals surface area contributed by atoms with Crippen LogP contribution in [0.4, 0.5) is 4.39 Å². The van der Waals surface area contributed by atoms with Crippen LogP contribution in [0.5, 0.6) is 11.5 Å². The molecule has 0 aliphatic heterocycles. The van der Waals surface area contributed by atoms with E-state index in [0.717, 1.165) is 16.7 Å². The Morgan fingerprint density at radius 1 is 1.09 bits per heavy atom. The van der Waals surface area contributed by atoms with Gasteiger partial charge in [0.05, 0.1) is 19.7 Å². The van der Waals surface area contributed by atoms with Crippen LogP contribution in [0, 0.1) is 12.7 Å². The molecule has 1 N–H and O–H groups in total. The lowest BCUT2D eigenvalue weighted by atomic mass is 10.1. The second-order valence-corrected chi connectivity index (χ2v) is 7.57. The Balaban J connectivity index is 1.70. The van der Waals surface area contributed by atoms with Crippen LogP contribution >= 0.6 is 0 Å². The van der Waals surface area contributed by atoms with Crippen molar-refractivity contribution in [2.75, 3.05) is 7.11 Å². The van der Waals surface area contributed by atoms with Gasteiger partial charge >= 0.3 is 0 Å². The van der Waals surface area contributed by atoms with Crippen molar-refractivity contribution in [3.63, 3.8) is 0 Å². The summed E-state index contributed by atoms with van der Waals surface area (Å²) in [4.78, 5) is 12.1. The van der Waals surface area contributed by atoms with Gasteiger partial charge in [-0.3, -0.25) is 4.79 Å². The first-order valence-corrected chi connectivity index (χ1v) is 10.5.